The van der Waals surface area contributed by atoms with Crippen molar-refractivity contribution in [3.63, 3.8) is 0 Å². The summed E-state index contributed by atoms with van der Waals surface area (Å²) in [4.78, 5) is 2.57. The predicted molar refractivity (Wildman–Crippen MR) is 335 cm³/mol. The largest absolute Gasteiger partial charge is 0.310 e. The van der Waals surface area contributed by atoms with E-state index in [2.05, 4.69) is 311 Å². The van der Waals surface area contributed by atoms with Crippen LogP contribution in [0.5, 0.6) is 0 Å². The molecule has 0 amide bonds. The summed E-state index contributed by atoms with van der Waals surface area (Å²) in [7, 11) is 0. The van der Waals surface area contributed by atoms with Gasteiger partial charge in [0.15, 0.2) is 0 Å². The van der Waals surface area contributed by atoms with Crippen LogP contribution >= 0.6 is 0 Å². The molecule has 0 saturated carbocycles. The maximum absolute atomic E-state index is 2.57. The lowest BCUT2D eigenvalue weighted by Crippen LogP contribution is -2.33. The topological polar surface area (TPSA) is 13.1 Å². The second-order valence-corrected chi connectivity index (χ2v) is 22.2. The molecule has 1 aliphatic heterocycles. The standard InChI is InChI=1S/C78H49N3/c1-3-22-50(23-4-1)77(51-24-5-2-6-25-51)65-35-15-10-32-63(65)75-61-31-8-7-29-59(61)74(49-69(75)77)79(52-42-44-53(45-43-52)80-70-38-17-11-27-57(70)58-28-12-18-39-71(58)80)54-46-47-56-55-26-9-14-34-64(55)78(68(56)48-54)66-36-16-20-41-73(66)81-72-40-19-13-30-60(72)62-33-21-37-67(78)76(62)81/h1-49H. The van der Waals surface area contributed by atoms with E-state index in [1.165, 1.54) is 127 Å². The van der Waals surface area contributed by atoms with Gasteiger partial charge in [0.25, 0.3) is 0 Å². The molecule has 1 spiro atoms. The van der Waals surface area contributed by atoms with Crippen molar-refractivity contribution in [2.24, 2.45) is 0 Å². The molecule has 3 heterocycles. The van der Waals surface area contributed by atoms with Gasteiger partial charge in [-0.25, -0.2) is 0 Å². The van der Waals surface area contributed by atoms with Crippen LogP contribution in [0, 0.1) is 0 Å². The fraction of sp³-hybridized carbons (Fsp3) is 0.0256. The van der Waals surface area contributed by atoms with Gasteiger partial charge in [0, 0.05) is 44.0 Å². The van der Waals surface area contributed by atoms with Crippen LogP contribution in [-0.2, 0) is 10.8 Å². The minimum absolute atomic E-state index is 0.619. The molecule has 81 heavy (non-hydrogen) atoms. The zero-order chi connectivity index (χ0) is 53.0. The van der Waals surface area contributed by atoms with E-state index in [1.54, 1.807) is 0 Å². The van der Waals surface area contributed by atoms with Gasteiger partial charge >= 0.3 is 0 Å². The maximum Gasteiger partial charge on any atom is 0.0755 e. The van der Waals surface area contributed by atoms with Crippen molar-refractivity contribution in [3.05, 3.63) is 342 Å². The Hall–Kier alpha value is -10.5. The van der Waals surface area contributed by atoms with E-state index in [0.29, 0.717) is 0 Å². The fourth-order valence-electron chi connectivity index (χ4n) is 15.5. The third kappa shape index (κ3) is 5.71. The van der Waals surface area contributed by atoms with Gasteiger partial charge in [0.2, 0.25) is 0 Å². The Morgan fingerprint density at radius 2 is 0.753 bits per heavy atom. The number of para-hydroxylation sites is 5. The molecule has 0 N–H and O–H groups in total. The van der Waals surface area contributed by atoms with Gasteiger partial charge in [-0.2, -0.15) is 0 Å². The van der Waals surface area contributed by atoms with Gasteiger partial charge < -0.3 is 14.0 Å². The molecule has 376 valence electrons. The first-order valence-electron chi connectivity index (χ1n) is 28.3. The lowest BCUT2D eigenvalue weighted by atomic mass is 9.65. The second-order valence-electron chi connectivity index (χ2n) is 22.2. The molecule has 0 radical (unpaired) electrons. The Morgan fingerprint density at radius 3 is 1.43 bits per heavy atom. The van der Waals surface area contributed by atoms with Crippen molar-refractivity contribution >= 4 is 71.4 Å². The normalized spacial score (nSPS) is 15.1. The summed E-state index contributed by atoms with van der Waals surface area (Å²) in [6, 6.07) is 112. The van der Waals surface area contributed by atoms with Crippen LogP contribution in [0.1, 0.15) is 44.5 Å². The number of nitrogens with zero attached hydrogens (tertiary/aromatic N) is 3. The van der Waals surface area contributed by atoms with E-state index in [-0.39, 0.29) is 0 Å². The first-order valence-corrected chi connectivity index (χ1v) is 28.3. The molecule has 15 aromatic rings. The molecule has 18 rings (SSSR count). The molecule has 0 saturated heterocycles. The Morgan fingerprint density at radius 1 is 0.272 bits per heavy atom. The predicted octanol–water partition coefficient (Wildman–Crippen LogP) is 19.5. The van der Waals surface area contributed by atoms with Crippen molar-refractivity contribution in [3.8, 4) is 33.6 Å². The van der Waals surface area contributed by atoms with Gasteiger partial charge in [-0.1, -0.05) is 231 Å². The Bertz CT molecular complexity index is 5030. The lowest BCUT2D eigenvalue weighted by Gasteiger charge is -2.40. The van der Waals surface area contributed by atoms with Crippen LogP contribution in [-0.4, -0.2) is 9.13 Å². The van der Waals surface area contributed by atoms with Crippen LogP contribution in [0.4, 0.5) is 17.1 Å². The average molecular weight is 1030 g/mol. The van der Waals surface area contributed by atoms with Gasteiger partial charge in [0.05, 0.1) is 44.3 Å². The average Bonchev–Trinajstić information content (AvgIpc) is 3.71. The Labute approximate surface area is 469 Å². The van der Waals surface area contributed by atoms with E-state index >= 15 is 0 Å². The highest BCUT2D eigenvalue weighted by Gasteiger charge is 2.52. The molecule has 1 atom stereocenters. The maximum atomic E-state index is 2.57. The zero-order valence-corrected chi connectivity index (χ0v) is 44.1. The van der Waals surface area contributed by atoms with Crippen LogP contribution in [0.3, 0.4) is 0 Å². The third-order valence-electron chi connectivity index (χ3n) is 18.6. The highest BCUT2D eigenvalue weighted by atomic mass is 15.1. The van der Waals surface area contributed by atoms with Crippen molar-refractivity contribution in [2.75, 3.05) is 4.90 Å². The van der Waals surface area contributed by atoms with Crippen LogP contribution in [0.15, 0.2) is 297 Å². The number of fused-ring (bicyclic) bond motifs is 20. The highest BCUT2D eigenvalue weighted by molar-refractivity contribution is 6.14. The minimum Gasteiger partial charge on any atom is -0.310 e. The number of benzene rings is 13. The van der Waals surface area contributed by atoms with E-state index in [9.17, 15) is 0 Å². The number of rotatable bonds is 6. The summed E-state index contributed by atoms with van der Waals surface area (Å²) in [5, 5.41) is 7.45. The lowest BCUT2D eigenvalue weighted by molar-refractivity contribution is 0.748. The first kappa shape index (κ1) is 44.5. The fourth-order valence-corrected chi connectivity index (χ4v) is 15.5. The van der Waals surface area contributed by atoms with E-state index in [1.807, 2.05) is 0 Å². The molecule has 3 aliphatic rings. The Kier molecular flexibility index (Phi) is 9.08. The monoisotopic (exact) mass is 1030 g/mol. The second kappa shape index (κ2) is 16.5. The summed E-state index contributed by atoms with van der Waals surface area (Å²) in [5.74, 6) is 0. The molecule has 1 unspecified atom stereocenters. The highest BCUT2D eigenvalue weighted by Crippen LogP contribution is 2.63. The van der Waals surface area contributed by atoms with Crippen molar-refractivity contribution in [2.45, 2.75) is 10.8 Å². The number of aromatic nitrogens is 2. The van der Waals surface area contributed by atoms with E-state index in [4.69, 9.17) is 0 Å². The molecule has 0 fully saturated rings. The molecule has 2 aliphatic carbocycles. The summed E-state index contributed by atoms with van der Waals surface area (Å²) in [6.07, 6.45) is 0. The summed E-state index contributed by atoms with van der Waals surface area (Å²) >= 11 is 0. The third-order valence-corrected chi connectivity index (χ3v) is 18.6. The minimum atomic E-state index is -0.633. The van der Waals surface area contributed by atoms with E-state index in [0.717, 1.165) is 22.7 Å². The van der Waals surface area contributed by atoms with Crippen molar-refractivity contribution < 1.29 is 0 Å². The quantitative estimate of drug-likeness (QED) is 0.162. The number of hydrogen-bond donors (Lipinski definition) is 0. The molecule has 3 heteroatoms. The van der Waals surface area contributed by atoms with Gasteiger partial charge in [-0.3, -0.25) is 0 Å². The number of anilines is 3. The Balaban J connectivity index is 0.951. The van der Waals surface area contributed by atoms with Crippen molar-refractivity contribution in [1.82, 2.24) is 9.13 Å². The van der Waals surface area contributed by atoms with Gasteiger partial charge in [0.1, 0.15) is 0 Å². The molecule has 13 aromatic carbocycles. The zero-order valence-electron chi connectivity index (χ0n) is 44.1. The van der Waals surface area contributed by atoms with Crippen LogP contribution in [0.25, 0.3) is 88.0 Å². The van der Waals surface area contributed by atoms with Crippen LogP contribution in [0.2, 0.25) is 0 Å². The summed E-state index contributed by atoms with van der Waals surface area (Å²) in [6.45, 7) is 0. The van der Waals surface area contributed by atoms with Gasteiger partial charge in [-0.15, -0.1) is 0 Å². The molecule has 2 aromatic heterocycles. The molecular formula is C78H49N3. The number of hydrogen-bond acceptors (Lipinski definition) is 1. The molecular weight excluding hydrogens is 979 g/mol. The van der Waals surface area contributed by atoms with Crippen molar-refractivity contribution in [1.29, 1.82) is 0 Å². The molecule has 0 bridgehead atoms. The van der Waals surface area contributed by atoms with Crippen LogP contribution < -0.4 is 4.90 Å². The molecule has 3 nitrogen and oxygen atoms in total. The van der Waals surface area contributed by atoms with E-state index < -0.39 is 10.8 Å². The first-order chi connectivity index (χ1) is 40.2. The smallest absolute Gasteiger partial charge is 0.0755 e. The summed E-state index contributed by atoms with van der Waals surface area (Å²) in [5.41, 5.74) is 24.5. The van der Waals surface area contributed by atoms with Gasteiger partial charge in [-0.05, 0) is 139 Å². The summed E-state index contributed by atoms with van der Waals surface area (Å²) < 4.78 is 4.96. The SMILES string of the molecule is c1ccc(C2(c3ccccc3)c3ccccc3-c3c2cc(N(c2ccc(-n4c5ccccc5c5ccccc54)cc2)c2ccc4c(c2)C2(c5ccccc5-4)c4ccccc4-n4c5ccccc5c5cccc2c54)c2ccccc32)cc1.